The highest BCUT2D eigenvalue weighted by molar-refractivity contribution is 7.99. The van der Waals surface area contributed by atoms with Crippen LogP contribution in [0.4, 0.5) is 13.2 Å². The maximum atomic E-state index is 13.4. The fourth-order valence-corrected chi connectivity index (χ4v) is 3.07. The lowest BCUT2D eigenvalue weighted by Gasteiger charge is -2.13. The number of hydrogen-bond donors (Lipinski definition) is 1. The van der Waals surface area contributed by atoms with Crippen LogP contribution in [0.3, 0.4) is 0 Å². The second-order valence-corrected chi connectivity index (χ2v) is 5.70. The summed E-state index contributed by atoms with van der Waals surface area (Å²) in [7, 11) is 0. The molecule has 2 atom stereocenters. The maximum Gasteiger partial charge on any atom is 0.257 e. The van der Waals surface area contributed by atoms with Gasteiger partial charge in [0.05, 0.1) is 0 Å². The molecule has 0 radical (unpaired) electrons. The number of carbonyl (C=O) groups is 1. The monoisotopic (exact) mass is 289 g/mol. The van der Waals surface area contributed by atoms with E-state index in [1.807, 2.05) is 6.26 Å². The van der Waals surface area contributed by atoms with Crippen molar-refractivity contribution in [1.29, 1.82) is 0 Å². The molecular weight excluding hydrogens is 275 g/mol. The molecule has 2 unspecified atom stereocenters. The second-order valence-electron chi connectivity index (χ2n) is 4.56. The number of nitrogens with one attached hydrogen (secondary N) is 1. The van der Waals surface area contributed by atoms with E-state index >= 15 is 0 Å². The van der Waals surface area contributed by atoms with E-state index < -0.39 is 28.9 Å². The van der Waals surface area contributed by atoms with Gasteiger partial charge in [-0.15, -0.1) is 0 Å². The summed E-state index contributed by atoms with van der Waals surface area (Å²) in [6, 6.07) is 1.32. The molecule has 2 nitrogen and oxygen atoms in total. The average Bonchev–Trinajstić information content (AvgIpc) is 2.82. The quantitative estimate of drug-likeness (QED) is 0.866. The Balaban J connectivity index is 2.11. The van der Waals surface area contributed by atoms with Crippen molar-refractivity contribution in [3.63, 3.8) is 0 Å². The van der Waals surface area contributed by atoms with Gasteiger partial charge in [0, 0.05) is 11.3 Å². The topological polar surface area (TPSA) is 29.1 Å². The first-order chi connectivity index (χ1) is 9.02. The Labute approximate surface area is 113 Å². The minimum atomic E-state index is -1.43. The van der Waals surface area contributed by atoms with Gasteiger partial charge in [-0.1, -0.05) is 0 Å². The smallest absolute Gasteiger partial charge is 0.257 e. The zero-order valence-electron chi connectivity index (χ0n) is 10.4. The van der Waals surface area contributed by atoms with Crippen molar-refractivity contribution < 1.29 is 18.0 Å². The van der Waals surface area contributed by atoms with Crippen molar-refractivity contribution in [2.45, 2.75) is 30.6 Å². The molecule has 0 saturated heterocycles. The number of hydrogen-bond acceptors (Lipinski definition) is 2. The van der Waals surface area contributed by atoms with E-state index in [1.54, 1.807) is 11.8 Å². The normalized spacial score (nSPS) is 22.5. The number of halogens is 3. The summed E-state index contributed by atoms with van der Waals surface area (Å²) < 4.78 is 39.9. The van der Waals surface area contributed by atoms with E-state index in [9.17, 15) is 18.0 Å². The summed E-state index contributed by atoms with van der Waals surface area (Å²) in [6.07, 6.45) is 4.49. The molecule has 104 valence electrons. The summed E-state index contributed by atoms with van der Waals surface area (Å²) in [5.41, 5.74) is -0.840. The van der Waals surface area contributed by atoms with Crippen LogP contribution < -0.4 is 5.32 Å². The van der Waals surface area contributed by atoms with Gasteiger partial charge >= 0.3 is 0 Å². The van der Waals surface area contributed by atoms with Crippen molar-refractivity contribution in [1.82, 2.24) is 5.32 Å². The molecule has 1 aliphatic rings. The molecular formula is C13H14F3NOS. The minimum Gasteiger partial charge on any atom is -0.349 e. The van der Waals surface area contributed by atoms with Gasteiger partial charge in [-0.2, -0.15) is 11.8 Å². The van der Waals surface area contributed by atoms with Gasteiger partial charge in [-0.05, 0) is 37.7 Å². The van der Waals surface area contributed by atoms with E-state index in [2.05, 4.69) is 5.32 Å². The van der Waals surface area contributed by atoms with Crippen molar-refractivity contribution in [3.8, 4) is 0 Å². The summed E-state index contributed by atoms with van der Waals surface area (Å²) in [6.45, 7) is 0. The second kappa shape index (κ2) is 5.86. The number of carbonyl (C=O) groups excluding carboxylic acids is 1. The molecule has 0 aromatic heterocycles. The SMILES string of the molecule is CSC1CCC(NC(=O)c2c(F)ccc(F)c2F)C1. The van der Waals surface area contributed by atoms with Crippen LogP contribution in [0.1, 0.15) is 29.6 Å². The Morgan fingerprint density at radius 1 is 1.26 bits per heavy atom. The van der Waals surface area contributed by atoms with Crippen LogP contribution in [-0.4, -0.2) is 23.5 Å². The molecule has 1 aromatic carbocycles. The standard InChI is InChI=1S/C13H14F3NOS/c1-19-8-3-2-7(6-8)17-13(18)11-9(14)4-5-10(15)12(11)16/h4-5,7-8H,2-3,6H2,1H3,(H,17,18). The van der Waals surface area contributed by atoms with Gasteiger partial charge < -0.3 is 5.32 Å². The van der Waals surface area contributed by atoms with Crippen molar-refractivity contribution in [2.24, 2.45) is 0 Å². The van der Waals surface area contributed by atoms with Crippen LogP contribution in [0.5, 0.6) is 0 Å². The molecule has 0 heterocycles. The molecule has 1 amide bonds. The molecule has 0 bridgehead atoms. The third kappa shape index (κ3) is 3.05. The Bertz CT molecular complexity index is 495. The molecule has 1 aliphatic carbocycles. The predicted octanol–water partition coefficient (Wildman–Crippen LogP) is 3.12. The lowest BCUT2D eigenvalue weighted by atomic mass is 10.1. The van der Waals surface area contributed by atoms with Crippen LogP contribution in [-0.2, 0) is 0 Å². The molecule has 0 spiro atoms. The Kier molecular flexibility index (Phi) is 4.39. The van der Waals surface area contributed by atoms with E-state index in [1.165, 1.54) is 0 Å². The lowest BCUT2D eigenvalue weighted by Crippen LogP contribution is -2.34. The van der Waals surface area contributed by atoms with E-state index in [0.717, 1.165) is 25.3 Å². The molecule has 1 saturated carbocycles. The van der Waals surface area contributed by atoms with Crippen LogP contribution in [0.25, 0.3) is 0 Å². The summed E-state index contributed by atoms with van der Waals surface area (Å²) in [5, 5.41) is 3.02. The highest BCUT2D eigenvalue weighted by atomic mass is 32.2. The Hall–Kier alpha value is -1.17. The molecule has 19 heavy (non-hydrogen) atoms. The molecule has 1 N–H and O–H groups in total. The fraction of sp³-hybridized carbons (Fsp3) is 0.462. The number of benzene rings is 1. The third-order valence-electron chi connectivity index (χ3n) is 3.32. The Morgan fingerprint density at radius 3 is 2.58 bits per heavy atom. The van der Waals surface area contributed by atoms with Gasteiger partial charge in [0.15, 0.2) is 11.6 Å². The van der Waals surface area contributed by atoms with E-state index in [0.29, 0.717) is 11.3 Å². The zero-order valence-corrected chi connectivity index (χ0v) is 11.2. The largest absolute Gasteiger partial charge is 0.349 e. The third-order valence-corrected chi connectivity index (χ3v) is 4.42. The summed E-state index contributed by atoms with van der Waals surface area (Å²) in [5.74, 6) is -4.59. The van der Waals surface area contributed by atoms with Crippen LogP contribution in [0.15, 0.2) is 12.1 Å². The summed E-state index contributed by atoms with van der Waals surface area (Å²) in [4.78, 5) is 11.8. The first-order valence-electron chi connectivity index (χ1n) is 6.00. The highest BCUT2D eigenvalue weighted by Crippen LogP contribution is 2.28. The van der Waals surface area contributed by atoms with Crippen LogP contribution in [0, 0.1) is 17.5 Å². The van der Waals surface area contributed by atoms with E-state index in [-0.39, 0.29) is 6.04 Å². The minimum absolute atomic E-state index is 0.105. The first-order valence-corrected chi connectivity index (χ1v) is 7.29. The number of rotatable bonds is 3. The fourth-order valence-electron chi connectivity index (χ4n) is 2.28. The predicted molar refractivity (Wildman–Crippen MR) is 68.7 cm³/mol. The van der Waals surface area contributed by atoms with Gasteiger partial charge in [0.1, 0.15) is 11.4 Å². The van der Waals surface area contributed by atoms with Gasteiger partial charge in [0.2, 0.25) is 0 Å². The average molecular weight is 289 g/mol. The molecule has 0 aliphatic heterocycles. The van der Waals surface area contributed by atoms with E-state index in [4.69, 9.17) is 0 Å². The van der Waals surface area contributed by atoms with Gasteiger partial charge in [-0.3, -0.25) is 4.79 Å². The zero-order chi connectivity index (χ0) is 14.0. The molecule has 6 heteroatoms. The van der Waals surface area contributed by atoms with Crippen molar-refractivity contribution in [3.05, 3.63) is 35.1 Å². The van der Waals surface area contributed by atoms with Crippen LogP contribution in [0.2, 0.25) is 0 Å². The van der Waals surface area contributed by atoms with Gasteiger partial charge in [-0.25, -0.2) is 13.2 Å². The highest BCUT2D eigenvalue weighted by Gasteiger charge is 2.28. The van der Waals surface area contributed by atoms with Crippen molar-refractivity contribution in [2.75, 3.05) is 6.26 Å². The van der Waals surface area contributed by atoms with Crippen LogP contribution >= 0.6 is 11.8 Å². The number of thioether (sulfide) groups is 1. The number of amides is 1. The first kappa shape index (κ1) is 14.2. The molecule has 2 rings (SSSR count). The molecule has 1 aromatic rings. The Morgan fingerprint density at radius 2 is 1.95 bits per heavy atom. The van der Waals surface area contributed by atoms with Gasteiger partial charge in [0.25, 0.3) is 5.91 Å². The van der Waals surface area contributed by atoms with Crippen molar-refractivity contribution >= 4 is 17.7 Å². The maximum absolute atomic E-state index is 13.4. The molecule has 1 fully saturated rings. The summed E-state index contributed by atoms with van der Waals surface area (Å²) >= 11 is 1.71. The lowest BCUT2D eigenvalue weighted by molar-refractivity contribution is 0.0928.